The number of fused-ring (bicyclic) bond motifs is 1. The Morgan fingerprint density at radius 2 is 2.03 bits per heavy atom. The van der Waals surface area contributed by atoms with Crippen LogP contribution < -0.4 is 14.8 Å². The van der Waals surface area contributed by atoms with E-state index in [0.29, 0.717) is 45.4 Å². The maximum atomic E-state index is 13.0. The zero-order chi connectivity index (χ0) is 24.9. The first kappa shape index (κ1) is 24.6. The third-order valence-electron chi connectivity index (χ3n) is 5.33. The first-order chi connectivity index (χ1) is 16.9. The standard InChI is InChI=1S/C25H24Cl2N4O4/c1-4-10-34-24(32)22-15(3)30-25-28-14-29-31(25)23(22)16-7-9-20(21(11-16)33-5-2)35-13-17-6-8-18(26)12-19(17)27/h4,6-9,11-12,14,23H,1,5,10,13H2,2-3H3,(H,28,29,30). The van der Waals surface area contributed by atoms with Crippen molar-refractivity contribution in [1.82, 2.24) is 14.8 Å². The smallest absolute Gasteiger partial charge is 0.338 e. The van der Waals surface area contributed by atoms with E-state index in [9.17, 15) is 4.79 Å². The summed E-state index contributed by atoms with van der Waals surface area (Å²) in [6.45, 7) is 8.04. The molecular formula is C25H24Cl2N4O4. The molecule has 1 unspecified atom stereocenters. The van der Waals surface area contributed by atoms with Crippen LogP contribution in [0, 0.1) is 0 Å². The molecule has 0 bridgehead atoms. The van der Waals surface area contributed by atoms with Crippen LogP contribution in [0.5, 0.6) is 11.5 Å². The average Bonchev–Trinajstić information content (AvgIpc) is 3.30. The number of halogens is 2. The molecule has 2 aromatic carbocycles. The van der Waals surface area contributed by atoms with E-state index >= 15 is 0 Å². The van der Waals surface area contributed by atoms with Crippen LogP contribution >= 0.6 is 23.2 Å². The van der Waals surface area contributed by atoms with Crippen LogP contribution in [0.25, 0.3) is 0 Å². The largest absolute Gasteiger partial charge is 0.490 e. The van der Waals surface area contributed by atoms with Gasteiger partial charge >= 0.3 is 5.97 Å². The highest BCUT2D eigenvalue weighted by atomic mass is 35.5. The quantitative estimate of drug-likeness (QED) is 0.294. The van der Waals surface area contributed by atoms with E-state index in [4.69, 9.17) is 37.4 Å². The monoisotopic (exact) mass is 514 g/mol. The van der Waals surface area contributed by atoms with Crippen LogP contribution in [0.3, 0.4) is 0 Å². The molecule has 0 amide bonds. The van der Waals surface area contributed by atoms with Crippen LogP contribution in [-0.2, 0) is 16.1 Å². The van der Waals surface area contributed by atoms with Crippen LogP contribution in [0.4, 0.5) is 5.95 Å². The Bertz CT molecular complexity index is 1290. The van der Waals surface area contributed by atoms with Crippen LogP contribution in [0.1, 0.15) is 31.0 Å². The van der Waals surface area contributed by atoms with Crippen molar-refractivity contribution in [3.05, 3.63) is 87.8 Å². The van der Waals surface area contributed by atoms with E-state index in [1.165, 1.54) is 12.4 Å². The summed E-state index contributed by atoms with van der Waals surface area (Å²) in [5, 5.41) is 8.52. The average molecular weight is 515 g/mol. The molecular weight excluding hydrogens is 491 g/mol. The lowest BCUT2D eigenvalue weighted by molar-refractivity contribution is -0.138. The summed E-state index contributed by atoms with van der Waals surface area (Å²) in [5.74, 6) is 1.10. The fourth-order valence-electron chi connectivity index (χ4n) is 3.75. The molecule has 1 N–H and O–H groups in total. The lowest BCUT2D eigenvalue weighted by atomic mass is 9.95. The number of esters is 1. The number of nitrogens with one attached hydrogen (secondary N) is 1. The van der Waals surface area contributed by atoms with Crippen molar-refractivity contribution in [2.75, 3.05) is 18.5 Å². The number of hydrogen-bond donors (Lipinski definition) is 1. The SMILES string of the molecule is C=CCOC(=O)C1=C(C)Nc2ncnn2C1c1ccc(OCc2ccc(Cl)cc2Cl)c(OCC)c1. The number of aromatic nitrogens is 3. The Kier molecular flexibility index (Phi) is 7.63. The van der Waals surface area contributed by atoms with E-state index in [1.54, 1.807) is 29.8 Å². The van der Waals surface area contributed by atoms with Crippen molar-refractivity contribution < 1.29 is 19.0 Å². The number of allylic oxidation sites excluding steroid dienone is 1. The topological polar surface area (TPSA) is 87.5 Å². The van der Waals surface area contributed by atoms with E-state index < -0.39 is 12.0 Å². The van der Waals surface area contributed by atoms with Gasteiger partial charge in [0.05, 0.1) is 12.2 Å². The Balaban J connectivity index is 1.69. The zero-order valence-corrected chi connectivity index (χ0v) is 20.8. The number of ether oxygens (including phenoxy) is 3. The molecule has 1 aliphatic rings. The minimum Gasteiger partial charge on any atom is -0.490 e. The predicted molar refractivity (Wildman–Crippen MR) is 134 cm³/mol. The summed E-state index contributed by atoms with van der Waals surface area (Å²) in [7, 11) is 0. The summed E-state index contributed by atoms with van der Waals surface area (Å²) in [5.41, 5.74) is 2.58. The predicted octanol–water partition coefficient (Wildman–Crippen LogP) is 5.58. The highest BCUT2D eigenvalue weighted by Gasteiger charge is 2.34. The van der Waals surface area contributed by atoms with Gasteiger partial charge in [0.2, 0.25) is 5.95 Å². The van der Waals surface area contributed by atoms with Gasteiger partial charge in [0, 0.05) is 21.3 Å². The minimum absolute atomic E-state index is 0.0940. The third kappa shape index (κ3) is 5.28. The summed E-state index contributed by atoms with van der Waals surface area (Å²) in [6, 6.07) is 10.1. The molecule has 1 aliphatic heterocycles. The van der Waals surface area contributed by atoms with Crippen molar-refractivity contribution in [1.29, 1.82) is 0 Å². The zero-order valence-electron chi connectivity index (χ0n) is 19.3. The first-order valence-electron chi connectivity index (χ1n) is 10.9. The molecule has 2 heterocycles. The number of anilines is 1. The van der Waals surface area contributed by atoms with Gasteiger partial charge in [-0.25, -0.2) is 9.48 Å². The normalized spacial score (nSPS) is 14.7. The Morgan fingerprint density at radius 1 is 1.20 bits per heavy atom. The summed E-state index contributed by atoms with van der Waals surface area (Å²) < 4.78 is 18.9. The van der Waals surface area contributed by atoms with E-state index in [0.717, 1.165) is 11.1 Å². The summed E-state index contributed by atoms with van der Waals surface area (Å²) >= 11 is 12.3. The molecule has 182 valence electrons. The number of nitrogens with zero attached hydrogens (tertiary/aromatic N) is 3. The Hall–Kier alpha value is -3.49. The third-order valence-corrected chi connectivity index (χ3v) is 5.92. The minimum atomic E-state index is -0.579. The van der Waals surface area contributed by atoms with Crippen molar-refractivity contribution in [3.63, 3.8) is 0 Å². The molecule has 0 aliphatic carbocycles. The molecule has 35 heavy (non-hydrogen) atoms. The summed E-state index contributed by atoms with van der Waals surface area (Å²) in [4.78, 5) is 17.2. The maximum absolute atomic E-state index is 13.0. The van der Waals surface area contributed by atoms with Crippen molar-refractivity contribution in [2.24, 2.45) is 0 Å². The highest BCUT2D eigenvalue weighted by Crippen LogP contribution is 2.39. The van der Waals surface area contributed by atoms with Gasteiger partial charge in [-0.1, -0.05) is 48.0 Å². The number of hydrogen-bond acceptors (Lipinski definition) is 7. The van der Waals surface area contributed by atoms with Gasteiger partial charge in [-0.05, 0) is 43.7 Å². The molecule has 4 rings (SSSR count). The number of carbonyl (C=O) groups is 1. The molecule has 0 saturated heterocycles. The van der Waals surface area contributed by atoms with Gasteiger partial charge in [0.1, 0.15) is 25.6 Å². The van der Waals surface area contributed by atoms with E-state index in [-0.39, 0.29) is 13.2 Å². The van der Waals surface area contributed by atoms with Gasteiger partial charge in [-0.2, -0.15) is 10.1 Å². The molecule has 3 aromatic rings. The number of rotatable bonds is 9. The second-order valence-electron chi connectivity index (χ2n) is 7.65. The maximum Gasteiger partial charge on any atom is 0.338 e. The van der Waals surface area contributed by atoms with E-state index in [2.05, 4.69) is 22.0 Å². The molecule has 1 aromatic heterocycles. The molecule has 0 radical (unpaired) electrons. The fourth-order valence-corrected chi connectivity index (χ4v) is 4.22. The van der Waals surface area contributed by atoms with E-state index in [1.807, 2.05) is 25.1 Å². The second-order valence-corrected chi connectivity index (χ2v) is 8.49. The number of carbonyl (C=O) groups excluding carboxylic acids is 1. The lowest BCUT2D eigenvalue weighted by Crippen LogP contribution is -2.29. The van der Waals surface area contributed by atoms with Crippen LogP contribution in [-0.4, -0.2) is 33.9 Å². The van der Waals surface area contributed by atoms with Crippen molar-refractivity contribution in [2.45, 2.75) is 26.5 Å². The van der Waals surface area contributed by atoms with Crippen LogP contribution in [0.2, 0.25) is 10.0 Å². The van der Waals surface area contributed by atoms with Gasteiger partial charge < -0.3 is 19.5 Å². The molecule has 0 saturated carbocycles. The molecule has 8 nitrogen and oxygen atoms in total. The van der Waals surface area contributed by atoms with Crippen molar-refractivity contribution >= 4 is 35.1 Å². The van der Waals surface area contributed by atoms with Gasteiger partial charge in [0.25, 0.3) is 0 Å². The summed E-state index contributed by atoms with van der Waals surface area (Å²) in [6.07, 6.45) is 2.95. The molecule has 10 heteroatoms. The van der Waals surface area contributed by atoms with Gasteiger partial charge in [-0.15, -0.1) is 0 Å². The fraction of sp³-hybridized carbons (Fsp3) is 0.240. The highest BCUT2D eigenvalue weighted by molar-refractivity contribution is 6.35. The Labute approximate surface area is 213 Å². The molecule has 0 spiro atoms. The number of benzene rings is 2. The second kappa shape index (κ2) is 10.8. The van der Waals surface area contributed by atoms with Gasteiger partial charge in [0.15, 0.2) is 11.5 Å². The van der Waals surface area contributed by atoms with Gasteiger partial charge in [-0.3, -0.25) is 0 Å². The lowest BCUT2D eigenvalue weighted by Gasteiger charge is -2.28. The Morgan fingerprint density at radius 3 is 2.77 bits per heavy atom. The molecule has 1 atom stereocenters. The van der Waals surface area contributed by atoms with Crippen LogP contribution in [0.15, 0.2) is 66.7 Å². The van der Waals surface area contributed by atoms with Crippen molar-refractivity contribution in [3.8, 4) is 11.5 Å². The molecule has 0 fully saturated rings. The first-order valence-corrected chi connectivity index (χ1v) is 11.7.